The van der Waals surface area contributed by atoms with Gasteiger partial charge in [-0.1, -0.05) is 5.92 Å². The van der Waals surface area contributed by atoms with Gasteiger partial charge in [0.1, 0.15) is 17.2 Å². The lowest BCUT2D eigenvalue weighted by molar-refractivity contribution is -0.120. The van der Waals surface area contributed by atoms with E-state index in [-0.39, 0.29) is 18.2 Å². The Morgan fingerprint density at radius 2 is 1.91 bits per heavy atom. The van der Waals surface area contributed by atoms with Crippen molar-refractivity contribution in [3.8, 4) is 23.8 Å². The number of benzene rings is 1. The highest BCUT2D eigenvalue weighted by molar-refractivity contribution is 7.07. The van der Waals surface area contributed by atoms with Gasteiger partial charge in [-0.2, -0.15) is 0 Å². The molecule has 11 heteroatoms. The fraction of sp³-hybridized carbons (Fsp3) is 0.227. The van der Waals surface area contributed by atoms with Gasteiger partial charge >= 0.3 is 0 Å². The fourth-order valence-electron chi connectivity index (χ4n) is 3.67. The van der Waals surface area contributed by atoms with E-state index in [9.17, 15) is 14.0 Å². The minimum atomic E-state index is -1.80. The summed E-state index contributed by atoms with van der Waals surface area (Å²) in [5, 5.41) is 4.24. The number of amides is 2. The quantitative estimate of drug-likeness (QED) is 0.553. The van der Waals surface area contributed by atoms with Crippen molar-refractivity contribution in [1.29, 1.82) is 0 Å². The van der Waals surface area contributed by atoms with Crippen molar-refractivity contribution in [1.82, 2.24) is 20.3 Å². The number of hydrogen-bond donors (Lipinski definition) is 1. The van der Waals surface area contributed by atoms with Crippen molar-refractivity contribution >= 4 is 29.1 Å². The maximum Gasteiger partial charge on any atom is 0.272 e. The number of thiazole rings is 1. The van der Waals surface area contributed by atoms with Crippen LogP contribution in [0, 0.1) is 18.2 Å². The van der Waals surface area contributed by atoms with Crippen molar-refractivity contribution in [3.63, 3.8) is 0 Å². The minimum absolute atomic E-state index is 0.0162. The maximum atomic E-state index is 13.7. The number of methoxy groups -OCH3 is 2. The SMILES string of the molecule is C#CC1(NC(=O)c2cscn2)C(=O)N(c2ncc(F)cn2)CC1c1cc(OC)cc(OC)c1. The number of carbonyl (C=O) groups excluding carboxylic acids is 2. The van der Waals surface area contributed by atoms with Crippen LogP contribution in [0.2, 0.25) is 0 Å². The molecule has 1 aliphatic rings. The summed E-state index contributed by atoms with van der Waals surface area (Å²) in [7, 11) is 2.99. The lowest BCUT2D eigenvalue weighted by Gasteiger charge is -2.29. The van der Waals surface area contributed by atoms with E-state index in [1.807, 2.05) is 0 Å². The summed E-state index contributed by atoms with van der Waals surface area (Å²) in [6.45, 7) is 0.0162. The number of nitrogens with zero attached hydrogens (tertiary/aromatic N) is 4. The number of ether oxygens (including phenoxy) is 2. The largest absolute Gasteiger partial charge is 0.497 e. The standard InChI is InChI=1S/C22H18FN5O4S/c1-4-22(27-19(29)18-11-33-12-26-18)17(13-5-15(31-2)7-16(6-13)32-3)10-28(20(22)30)21-24-8-14(23)9-25-21/h1,5-9,11-12,17H,10H2,2-3H3,(H,27,29). The first-order chi connectivity index (χ1) is 15.9. The molecule has 0 saturated carbocycles. The van der Waals surface area contributed by atoms with Crippen molar-refractivity contribution < 1.29 is 23.5 Å². The topological polar surface area (TPSA) is 107 Å². The molecule has 4 rings (SSSR count). The van der Waals surface area contributed by atoms with Crippen LogP contribution < -0.4 is 19.7 Å². The van der Waals surface area contributed by atoms with Gasteiger partial charge in [0.25, 0.3) is 11.8 Å². The Morgan fingerprint density at radius 3 is 2.45 bits per heavy atom. The molecule has 3 heterocycles. The number of hydrogen-bond acceptors (Lipinski definition) is 8. The van der Waals surface area contributed by atoms with Gasteiger partial charge in [0.15, 0.2) is 11.4 Å². The second-order valence-electron chi connectivity index (χ2n) is 7.10. The smallest absolute Gasteiger partial charge is 0.272 e. The monoisotopic (exact) mass is 467 g/mol. The molecule has 0 aliphatic carbocycles. The predicted molar refractivity (Wildman–Crippen MR) is 118 cm³/mol. The van der Waals surface area contributed by atoms with E-state index in [2.05, 4.69) is 26.2 Å². The highest BCUT2D eigenvalue weighted by Gasteiger charge is 2.56. The van der Waals surface area contributed by atoms with Gasteiger partial charge in [-0.3, -0.25) is 14.5 Å². The van der Waals surface area contributed by atoms with Crippen LogP contribution in [0.1, 0.15) is 22.0 Å². The van der Waals surface area contributed by atoms with Crippen LogP contribution in [0.4, 0.5) is 10.3 Å². The average molecular weight is 467 g/mol. The number of aromatic nitrogens is 3. The lowest BCUT2D eigenvalue weighted by Crippen LogP contribution is -2.56. The van der Waals surface area contributed by atoms with Crippen LogP contribution in [0.3, 0.4) is 0 Å². The average Bonchev–Trinajstić information content (AvgIpc) is 3.47. The van der Waals surface area contributed by atoms with Crippen LogP contribution in [0.25, 0.3) is 0 Å². The molecular formula is C22H18FN5O4S. The minimum Gasteiger partial charge on any atom is -0.497 e. The van der Waals surface area contributed by atoms with E-state index in [1.165, 1.54) is 36.0 Å². The zero-order valence-corrected chi connectivity index (χ0v) is 18.4. The first-order valence-electron chi connectivity index (χ1n) is 9.62. The van der Waals surface area contributed by atoms with Gasteiger partial charge in [0.2, 0.25) is 5.95 Å². The van der Waals surface area contributed by atoms with Crippen LogP contribution in [-0.2, 0) is 4.79 Å². The summed E-state index contributed by atoms with van der Waals surface area (Å²) in [6, 6.07) is 5.08. The number of carbonyl (C=O) groups is 2. The molecule has 0 spiro atoms. The Bertz CT molecular complexity index is 1210. The molecule has 168 valence electrons. The Labute approximate surface area is 192 Å². The summed E-state index contributed by atoms with van der Waals surface area (Å²) in [4.78, 5) is 39.6. The normalized spacial score (nSPS) is 19.8. The first kappa shape index (κ1) is 22.2. The Hall–Kier alpha value is -4.04. The summed E-state index contributed by atoms with van der Waals surface area (Å²) in [5.74, 6) is 0.776. The predicted octanol–water partition coefficient (Wildman–Crippen LogP) is 2.02. The van der Waals surface area contributed by atoms with E-state index in [4.69, 9.17) is 15.9 Å². The molecule has 3 aromatic rings. The second-order valence-corrected chi connectivity index (χ2v) is 7.81. The number of rotatable bonds is 6. The van der Waals surface area contributed by atoms with Gasteiger partial charge in [-0.15, -0.1) is 17.8 Å². The molecule has 2 aromatic heterocycles. The van der Waals surface area contributed by atoms with Crippen LogP contribution >= 0.6 is 11.3 Å². The molecule has 1 N–H and O–H groups in total. The van der Waals surface area contributed by atoms with E-state index in [0.29, 0.717) is 17.1 Å². The Balaban J connectivity index is 1.83. The molecule has 2 amide bonds. The van der Waals surface area contributed by atoms with Gasteiger partial charge < -0.3 is 14.8 Å². The third kappa shape index (κ3) is 3.96. The molecule has 0 bridgehead atoms. The molecule has 1 aliphatic heterocycles. The summed E-state index contributed by atoms with van der Waals surface area (Å²) in [6.07, 6.45) is 7.80. The molecule has 2 unspecified atom stereocenters. The molecule has 1 aromatic carbocycles. The van der Waals surface area contributed by atoms with Crippen LogP contribution in [-0.4, -0.2) is 53.1 Å². The molecule has 0 radical (unpaired) electrons. The third-order valence-corrected chi connectivity index (χ3v) is 5.88. The van der Waals surface area contributed by atoms with Crippen molar-refractivity contribution in [2.75, 3.05) is 25.7 Å². The van der Waals surface area contributed by atoms with Gasteiger partial charge in [-0.25, -0.2) is 19.3 Å². The summed E-state index contributed by atoms with van der Waals surface area (Å²) in [5.41, 5.74) is 0.411. The summed E-state index contributed by atoms with van der Waals surface area (Å²) < 4.78 is 24.1. The zero-order valence-electron chi connectivity index (χ0n) is 17.6. The lowest BCUT2D eigenvalue weighted by atomic mass is 9.81. The molecule has 2 atom stereocenters. The molecule has 33 heavy (non-hydrogen) atoms. The van der Waals surface area contributed by atoms with E-state index in [1.54, 1.807) is 23.6 Å². The maximum absolute atomic E-state index is 13.7. The Morgan fingerprint density at radius 1 is 1.24 bits per heavy atom. The molecule has 1 saturated heterocycles. The van der Waals surface area contributed by atoms with Crippen molar-refractivity contribution in [2.45, 2.75) is 11.5 Å². The fourth-order valence-corrected chi connectivity index (χ4v) is 4.21. The van der Waals surface area contributed by atoms with E-state index in [0.717, 1.165) is 12.4 Å². The van der Waals surface area contributed by atoms with Crippen LogP contribution in [0.5, 0.6) is 11.5 Å². The zero-order chi connectivity index (χ0) is 23.6. The van der Waals surface area contributed by atoms with Gasteiger partial charge in [-0.05, 0) is 17.7 Å². The number of terminal acetylenes is 1. The number of nitrogens with one attached hydrogen (secondary N) is 1. The van der Waals surface area contributed by atoms with Gasteiger partial charge in [0, 0.05) is 23.9 Å². The highest BCUT2D eigenvalue weighted by Crippen LogP contribution is 2.41. The van der Waals surface area contributed by atoms with E-state index >= 15 is 0 Å². The number of halogens is 1. The molecule has 1 fully saturated rings. The van der Waals surface area contributed by atoms with Crippen molar-refractivity contribution in [2.24, 2.45) is 0 Å². The molecular weight excluding hydrogens is 449 g/mol. The first-order valence-corrected chi connectivity index (χ1v) is 10.6. The third-order valence-electron chi connectivity index (χ3n) is 5.30. The summed E-state index contributed by atoms with van der Waals surface area (Å²) >= 11 is 1.23. The Kier molecular flexibility index (Phi) is 5.93. The molecule has 9 nitrogen and oxygen atoms in total. The van der Waals surface area contributed by atoms with Crippen LogP contribution in [0.15, 0.2) is 41.5 Å². The van der Waals surface area contributed by atoms with E-state index < -0.39 is 29.1 Å². The van der Waals surface area contributed by atoms with Gasteiger partial charge in [0.05, 0.1) is 32.1 Å². The highest BCUT2D eigenvalue weighted by atomic mass is 32.1. The second kappa shape index (κ2) is 8.84. The number of anilines is 1. The van der Waals surface area contributed by atoms with Crippen molar-refractivity contribution in [3.05, 3.63) is 58.6 Å².